The zero-order valence-electron chi connectivity index (χ0n) is 13.1. The molecule has 0 aliphatic rings. The number of aromatic nitrogens is 1. The third-order valence-corrected chi connectivity index (χ3v) is 3.56. The van der Waals surface area contributed by atoms with Gasteiger partial charge in [-0.1, -0.05) is 24.8 Å². The standard InChI is InChI=1S/C19H13FN4O/c1-2-17(25)24-16-8-4-7-15-18(12(10-21)11-22-19(15)16)23-14-6-3-5-13(20)9-14/h2-9,11H,1H2,(H,22,23)(H,24,25). The number of hydrogen-bond acceptors (Lipinski definition) is 4. The second-order valence-electron chi connectivity index (χ2n) is 5.19. The van der Waals surface area contributed by atoms with Crippen LogP contribution in [0.2, 0.25) is 0 Å². The molecule has 122 valence electrons. The van der Waals surface area contributed by atoms with Crippen molar-refractivity contribution in [1.29, 1.82) is 5.26 Å². The largest absolute Gasteiger partial charge is 0.354 e. The lowest BCUT2D eigenvalue weighted by Crippen LogP contribution is -2.08. The molecule has 2 aromatic carbocycles. The van der Waals surface area contributed by atoms with Gasteiger partial charge in [0.2, 0.25) is 5.91 Å². The quantitative estimate of drug-likeness (QED) is 0.705. The van der Waals surface area contributed by atoms with Crippen LogP contribution in [0.1, 0.15) is 5.56 Å². The molecule has 3 aromatic rings. The zero-order valence-corrected chi connectivity index (χ0v) is 13.1. The normalized spacial score (nSPS) is 10.1. The van der Waals surface area contributed by atoms with Gasteiger partial charge in [0.05, 0.1) is 22.5 Å². The van der Waals surface area contributed by atoms with Crippen molar-refractivity contribution in [3.05, 3.63) is 72.7 Å². The minimum absolute atomic E-state index is 0.309. The summed E-state index contributed by atoms with van der Waals surface area (Å²) < 4.78 is 13.4. The van der Waals surface area contributed by atoms with Gasteiger partial charge in [-0.2, -0.15) is 5.26 Å². The van der Waals surface area contributed by atoms with E-state index in [4.69, 9.17) is 0 Å². The fraction of sp³-hybridized carbons (Fsp3) is 0. The maximum absolute atomic E-state index is 13.4. The molecule has 3 rings (SSSR count). The van der Waals surface area contributed by atoms with Crippen LogP contribution in [0.5, 0.6) is 0 Å². The summed E-state index contributed by atoms with van der Waals surface area (Å²) in [5, 5.41) is 15.8. The van der Waals surface area contributed by atoms with E-state index in [0.717, 1.165) is 6.08 Å². The summed E-state index contributed by atoms with van der Waals surface area (Å²) in [5.41, 5.74) is 2.31. The minimum Gasteiger partial charge on any atom is -0.354 e. The Hall–Kier alpha value is -3.72. The average Bonchev–Trinajstić information content (AvgIpc) is 2.62. The molecular formula is C19H13FN4O. The van der Waals surface area contributed by atoms with E-state index in [1.54, 1.807) is 30.3 Å². The highest BCUT2D eigenvalue weighted by atomic mass is 19.1. The maximum Gasteiger partial charge on any atom is 0.247 e. The Morgan fingerprint density at radius 1 is 1.28 bits per heavy atom. The lowest BCUT2D eigenvalue weighted by Gasteiger charge is -2.13. The molecule has 1 amide bonds. The highest BCUT2D eigenvalue weighted by Gasteiger charge is 2.13. The number of fused-ring (bicyclic) bond motifs is 1. The third kappa shape index (κ3) is 3.31. The van der Waals surface area contributed by atoms with Crippen molar-refractivity contribution in [2.75, 3.05) is 10.6 Å². The monoisotopic (exact) mass is 332 g/mol. The molecule has 0 fully saturated rings. The number of rotatable bonds is 4. The zero-order chi connectivity index (χ0) is 17.8. The predicted molar refractivity (Wildman–Crippen MR) is 95.0 cm³/mol. The van der Waals surface area contributed by atoms with Crippen molar-refractivity contribution < 1.29 is 9.18 Å². The van der Waals surface area contributed by atoms with E-state index in [1.807, 2.05) is 0 Å². The summed E-state index contributed by atoms with van der Waals surface area (Å²) in [6, 6.07) is 13.2. The topological polar surface area (TPSA) is 77.8 Å². The molecule has 0 saturated heterocycles. The molecule has 1 heterocycles. The van der Waals surface area contributed by atoms with E-state index in [1.165, 1.54) is 18.3 Å². The minimum atomic E-state index is -0.388. The predicted octanol–water partition coefficient (Wildman–Crippen LogP) is 4.11. The first-order chi connectivity index (χ1) is 12.1. The molecule has 5 nitrogen and oxygen atoms in total. The molecule has 0 radical (unpaired) electrons. The molecular weight excluding hydrogens is 319 g/mol. The second-order valence-corrected chi connectivity index (χ2v) is 5.19. The molecule has 0 aliphatic heterocycles. The molecule has 6 heteroatoms. The van der Waals surface area contributed by atoms with Gasteiger partial charge in [-0.3, -0.25) is 9.78 Å². The first-order valence-electron chi connectivity index (χ1n) is 7.40. The van der Waals surface area contributed by atoms with E-state index < -0.39 is 0 Å². The summed E-state index contributed by atoms with van der Waals surface area (Å²) in [4.78, 5) is 15.9. The third-order valence-electron chi connectivity index (χ3n) is 3.56. The summed E-state index contributed by atoms with van der Waals surface area (Å²) in [7, 11) is 0. The van der Waals surface area contributed by atoms with Crippen LogP contribution >= 0.6 is 0 Å². The molecule has 0 atom stereocenters. The van der Waals surface area contributed by atoms with Crippen LogP contribution in [0, 0.1) is 17.1 Å². The van der Waals surface area contributed by atoms with E-state index in [9.17, 15) is 14.4 Å². The van der Waals surface area contributed by atoms with Crippen LogP contribution in [-0.4, -0.2) is 10.9 Å². The van der Waals surface area contributed by atoms with Gasteiger partial charge in [-0.05, 0) is 30.3 Å². The lowest BCUT2D eigenvalue weighted by atomic mass is 10.1. The van der Waals surface area contributed by atoms with Gasteiger partial charge in [0.25, 0.3) is 0 Å². The number of nitrogens with one attached hydrogen (secondary N) is 2. The number of benzene rings is 2. The fourth-order valence-electron chi connectivity index (χ4n) is 2.44. The Bertz CT molecular complexity index is 1020. The first-order valence-corrected chi connectivity index (χ1v) is 7.40. The number of nitrogens with zero attached hydrogens (tertiary/aromatic N) is 2. The molecule has 0 bridgehead atoms. The maximum atomic E-state index is 13.4. The molecule has 1 aromatic heterocycles. The number of para-hydroxylation sites is 1. The SMILES string of the molecule is C=CC(=O)Nc1cccc2c(Nc3cccc(F)c3)c(C#N)cnc12. The van der Waals surface area contributed by atoms with Crippen LogP contribution in [0.25, 0.3) is 10.9 Å². The smallest absolute Gasteiger partial charge is 0.247 e. The summed E-state index contributed by atoms with van der Waals surface area (Å²) in [6.07, 6.45) is 2.57. The number of hydrogen-bond donors (Lipinski definition) is 2. The van der Waals surface area contributed by atoms with Crippen molar-refractivity contribution >= 4 is 33.9 Å². The van der Waals surface area contributed by atoms with Crippen LogP contribution in [0.3, 0.4) is 0 Å². The van der Waals surface area contributed by atoms with Gasteiger partial charge in [0.15, 0.2) is 0 Å². The number of halogens is 1. The fourth-order valence-corrected chi connectivity index (χ4v) is 2.44. The van der Waals surface area contributed by atoms with E-state index in [0.29, 0.717) is 33.5 Å². The van der Waals surface area contributed by atoms with Crippen LogP contribution < -0.4 is 10.6 Å². The van der Waals surface area contributed by atoms with Crippen molar-refractivity contribution in [3.8, 4) is 6.07 Å². The second kappa shape index (κ2) is 6.81. The van der Waals surface area contributed by atoms with Crippen molar-refractivity contribution in [2.45, 2.75) is 0 Å². The summed E-state index contributed by atoms with van der Waals surface area (Å²) in [5.74, 6) is -0.751. The number of carbonyl (C=O) groups is 1. The van der Waals surface area contributed by atoms with Crippen LogP contribution in [0.4, 0.5) is 21.5 Å². The molecule has 0 unspecified atom stereocenters. The van der Waals surface area contributed by atoms with E-state index in [-0.39, 0.29) is 11.7 Å². The van der Waals surface area contributed by atoms with Gasteiger partial charge in [-0.25, -0.2) is 4.39 Å². The Kier molecular flexibility index (Phi) is 4.40. The Balaban J connectivity index is 2.15. The molecule has 25 heavy (non-hydrogen) atoms. The Morgan fingerprint density at radius 2 is 2.08 bits per heavy atom. The molecule has 2 N–H and O–H groups in total. The van der Waals surface area contributed by atoms with Crippen molar-refractivity contribution in [2.24, 2.45) is 0 Å². The highest BCUT2D eigenvalue weighted by molar-refractivity contribution is 6.08. The summed E-state index contributed by atoms with van der Waals surface area (Å²) in [6.45, 7) is 3.42. The number of nitriles is 1. The Morgan fingerprint density at radius 3 is 2.80 bits per heavy atom. The average molecular weight is 332 g/mol. The van der Waals surface area contributed by atoms with Crippen molar-refractivity contribution in [3.63, 3.8) is 0 Å². The molecule has 0 saturated carbocycles. The van der Waals surface area contributed by atoms with Gasteiger partial charge < -0.3 is 10.6 Å². The Labute approximate surface area is 143 Å². The van der Waals surface area contributed by atoms with Crippen LogP contribution in [0.15, 0.2) is 61.3 Å². The number of anilines is 3. The first kappa shape index (κ1) is 16.1. The van der Waals surface area contributed by atoms with Gasteiger partial charge in [0.1, 0.15) is 11.9 Å². The molecule has 0 aliphatic carbocycles. The number of carbonyl (C=O) groups excluding carboxylic acids is 1. The molecule has 0 spiro atoms. The van der Waals surface area contributed by atoms with Gasteiger partial charge in [0, 0.05) is 17.3 Å². The highest BCUT2D eigenvalue weighted by Crippen LogP contribution is 2.32. The van der Waals surface area contributed by atoms with Crippen molar-refractivity contribution in [1.82, 2.24) is 4.98 Å². The number of amides is 1. The van der Waals surface area contributed by atoms with E-state index in [2.05, 4.69) is 28.3 Å². The van der Waals surface area contributed by atoms with Gasteiger partial charge >= 0.3 is 0 Å². The van der Waals surface area contributed by atoms with E-state index >= 15 is 0 Å². The summed E-state index contributed by atoms with van der Waals surface area (Å²) >= 11 is 0. The van der Waals surface area contributed by atoms with Crippen LogP contribution in [-0.2, 0) is 4.79 Å². The lowest BCUT2D eigenvalue weighted by molar-refractivity contribution is -0.111. The number of pyridine rings is 1. The van der Waals surface area contributed by atoms with Gasteiger partial charge in [-0.15, -0.1) is 0 Å².